The summed E-state index contributed by atoms with van der Waals surface area (Å²) >= 11 is 0. The van der Waals surface area contributed by atoms with Gasteiger partial charge in [0.15, 0.2) is 0 Å². The van der Waals surface area contributed by atoms with Gasteiger partial charge in [-0.1, -0.05) is 13.8 Å². The Balaban J connectivity index is 0.00000288. The van der Waals surface area contributed by atoms with E-state index in [1.807, 2.05) is 0 Å². The molecule has 1 aromatic carbocycles. The predicted octanol–water partition coefficient (Wildman–Crippen LogP) is 2.90. The normalized spacial score (nSPS) is 14.7. The molecular formula is C18H28ClN3O2. The molecule has 0 aliphatic heterocycles. The fourth-order valence-electron chi connectivity index (χ4n) is 2.28. The molecule has 1 aliphatic rings. The molecule has 0 saturated heterocycles. The number of nitrogens with one attached hydrogen (secondary N) is 1. The summed E-state index contributed by atoms with van der Waals surface area (Å²) in [6.45, 7) is 4.81. The van der Waals surface area contributed by atoms with Gasteiger partial charge >= 0.3 is 0 Å². The van der Waals surface area contributed by atoms with Gasteiger partial charge in [-0.2, -0.15) is 0 Å². The quantitative estimate of drug-likeness (QED) is 0.791. The Morgan fingerprint density at radius 1 is 1.25 bits per heavy atom. The number of anilines is 1. The minimum Gasteiger partial charge on any atom is -0.342 e. The van der Waals surface area contributed by atoms with E-state index in [1.54, 1.807) is 36.2 Å². The molecule has 1 unspecified atom stereocenters. The smallest absolute Gasteiger partial charge is 0.253 e. The van der Waals surface area contributed by atoms with Gasteiger partial charge in [0.25, 0.3) is 5.91 Å². The lowest BCUT2D eigenvalue weighted by molar-refractivity contribution is -0.117. The van der Waals surface area contributed by atoms with Crippen LogP contribution in [0.1, 0.15) is 43.5 Å². The molecule has 0 radical (unpaired) electrons. The summed E-state index contributed by atoms with van der Waals surface area (Å²) < 4.78 is 0. The van der Waals surface area contributed by atoms with Crippen molar-refractivity contribution in [2.24, 2.45) is 17.6 Å². The zero-order chi connectivity index (χ0) is 17.0. The molecule has 24 heavy (non-hydrogen) atoms. The van der Waals surface area contributed by atoms with E-state index in [1.165, 1.54) is 0 Å². The van der Waals surface area contributed by atoms with Crippen molar-refractivity contribution >= 4 is 29.9 Å². The van der Waals surface area contributed by atoms with E-state index in [0.29, 0.717) is 18.0 Å². The number of carbonyl (C=O) groups excluding carboxylic acids is 2. The van der Waals surface area contributed by atoms with Crippen LogP contribution in [0.5, 0.6) is 0 Å². The zero-order valence-electron chi connectivity index (χ0n) is 14.6. The first-order valence-corrected chi connectivity index (χ1v) is 8.30. The Labute approximate surface area is 150 Å². The number of benzene rings is 1. The number of rotatable bonds is 7. The lowest BCUT2D eigenvalue weighted by atomic mass is 10.0. The maximum Gasteiger partial charge on any atom is 0.253 e. The lowest BCUT2D eigenvalue weighted by Crippen LogP contribution is -2.34. The van der Waals surface area contributed by atoms with Crippen LogP contribution in [0.2, 0.25) is 0 Å². The first-order valence-electron chi connectivity index (χ1n) is 8.30. The molecule has 0 heterocycles. The van der Waals surface area contributed by atoms with Crippen molar-refractivity contribution in [2.45, 2.75) is 39.2 Å². The zero-order valence-corrected chi connectivity index (χ0v) is 15.4. The average molecular weight is 354 g/mol. The van der Waals surface area contributed by atoms with Gasteiger partial charge in [-0.3, -0.25) is 9.59 Å². The highest BCUT2D eigenvalue weighted by Gasteiger charge is 2.29. The minimum absolute atomic E-state index is 0. The van der Waals surface area contributed by atoms with Crippen LogP contribution in [-0.2, 0) is 4.79 Å². The number of nitrogens with two attached hydrogens (primary N) is 1. The van der Waals surface area contributed by atoms with E-state index < -0.39 is 0 Å². The van der Waals surface area contributed by atoms with Crippen LogP contribution in [0.4, 0.5) is 5.69 Å². The average Bonchev–Trinajstić information content (AvgIpc) is 3.37. The van der Waals surface area contributed by atoms with E-state index in [-0.39, 0.29) is 36.2 Å². The van der Waals surface area contributed by atoms with Gasteiger partial charge in [0.2, 0.25) is 5.91 Å². The molecule has 0 bridgehead atoms. The second-order valence-electron chi connectivity index (χ2n) is 6.76. The summed E-state index contributed by atoms with van der Waals surface area (Å²) in [4.78, 5) is 25.8. The number of halogens is 1. The summed E-state index contributed by atoms with van der Waals surface area (Å²) in [7, 11) is 1.79. The Hall–Kier alpha value is -1.59. The summed E-state index contributed by atoms with van der Waals surface area (Å²) in [6, 6.07) is 7.17. The van der Waals surface area contributed by atoms with E-state index >= 15 is 0 Å². The first kappa shape index (κ1) is 20.5. The third kappa shape index (κ3) is 5.80. The van der Waals surface area contributed by atoms with Crippen molar-refractivity contribution in [1.82, 2.24) is 4.90 Å². The Bertz CT molecular complexity index is 556. The highest BCUT2D eigenvalue weighted by atomic mass is 35.5. The molecular weight excluding hydrogens is 326 g/mol. The van der Waals surface area contributed by atoms with Gasteiger partial charge in [0, 0.05) is 36.8 Å². The maximum atomic E-state index is 12.4. The van der Waals surface area contributed by atoms with Gasteiger partial charge in [0.05, 0.1) is 0 Å². The standard InChI is InChI=1S/C18H27N3O2.ClH/c1-12(2)16(19)10-11-21(3)18(23)14-6-8-15(9-7-14)20-17(22)13-4-5-13;/h6-9,12-13,16H,4-5,10-11,19H2,1-3H3,(H,20,22);1H. The number of carbonyl (C=O) groups is 2. The molecule has 1 atom stereocenters. The van der Waals surface area contributed by atoms with Crippen LogP contribution in [0, 0.1) is 11.8 Å². The number of nitrogens with zero attached hydrogens (tertiary/aromatic N) is 1. The van der Waals surface area contributed by atoms with Crippen LogP contribution in [0.3, 0.4) is 0 Å². The van der Waals surface area contributed by atoms with Gasteiger partial charge in [-0.05, 0) is 49.4 Å². The van der Waals surface area contributed by atoms with E-state index in [4.69, 9.17) is 5.73 Å². The van der Waals surface area contributed by atoms with Gasteiger partial charge in [-0.15, -0.1) is 12.4 Å². The second kappa shape index (κ2) is 9.04. The van der Waals surface area contributed by atoms with Gasteiger partial charge in [-0.25, -0.2) is 0 Å². The van der Waals surface area contributed by atoms with Crippen LogP contribution >= 0.6 is 12.4 Å². The molecule has 2 rings (SSSR count). The molecule has 3 N–H and O–H groups in total. The molecule has 5 nitrogen and oxygen atoms in total. The number of amides is 2. The molecule has 1 fully saturated rings. The van der Waals surface area contributed by atoms with E-state index in [9.17, 15) is 9.59 Å². The molecule has 1 saturated carbocycles. The molecule has 1 aromatic rings. The van der Waals surface area contributed by atoms with Crippen LogP contribution in [0.15, 0.2) is 24.3 Å². The largest absolute Gasteiger partial charge is 0.342 e. The third-order valence-electron chi connectivity index (χ3n) is 4.35. The van der Waals surface area contributed by atoms with Crippen molar-refractivity contribution < 1.29 is 9.59 Å². The first-order chi connectivity index (χ1) is 10.9. The number of hydrogen-bond acceptors (Lipinski definition) is 3. The molecule has 134 valence electrons. The highest BCUT2D eigenvalue weighted by Crippen LogP contribution is 2.30. The highest BCUT2D eigenvalue weighted by molar-refractivity contribution is 5.96. The SMILES string of the molecule is CC(C)C(N)CCN(C)C(=O)c1ccc(NC(=O)C2CC2)cc1.Cl. The van der Waals surface area contributed by atoms with E-state index in [2.05, 4.69) is 19.2 Å². The predicted molar refractivity (Wildman–Crippen MR) is 99.4 cm³/mol. The fourth-order valence-corrected chi connectivity index (χ4v) is 2.28. The van der Waals surface area contributed by atoms with Crippen LogP contribution in [0.25, 0.3) is 0 Å². The number of hydrogen-bond donors (Lipinski definition) is 2. The van der Waals surface area contributed by atoms with Crippen molar-refractivity contribution in [2.75, 3.05) is 18.9 Å². The molecule has 2 amide bonds. The maximum absolute atomic E-state index is 12.4. The molecule has 1 aliphatic carbocycles. The van der Waals surface area contributed by atoms with Crippen LogP contribution < -0.4 is 11.1 Å². The third-order valence-corrected chi connectivity index (χ3v) is 4.35. The second-order valence-corrected chi connectivity index (χ2v) is 6.76. The van der Waals surface area contributed by atoms with Crippen LogP contribution in [-0.4, -0.2) is 36.3 Å². The lowest BCUT2D eigenvalue weighted by Gasteiger charge is -2.21. The van der Waals surface area contributed by atoms with Gasteiger partial charge in [0.1, 0.15) is 0 Å². The summed E-state index contributed by atoms with van der Waals surface area (Å²) in [5.74, 6) is 0.630. The molecule has 0 spiro atoms. The summed E-state index contributed by atoms with van der Waals surface area (Å²) in [6.07, 6.45) is 2.74. The Morgan fingerprint density at radius 2 is 1.83 bits per heavy atom. The van der Waals surface area contributed by atoms with Crippen molar-refractivity contribution in [3.63, 3.8) is 0 Å². The molecule has 6 heteroatoms. The van der Waals surface area contributed by atoms with Gasteiger partial charge < -0.3 is 16.0 Å². The molecule has 0 aromatic heterocycles. The topological polar surface area (TPSA) is 75.4 Å². The monoisotopic (exact) mass is 353 g/mol. The summed E-state index contributed by atoms with van der Waals surface area (Å²) in [5.41, 5.74) is 7.38. The fraction of sp³-hybridized carbons (Fsp3) is 0.556. The minimum atomic E-state index is -0.0268. The van der Waals surface area contributed by atoms with Crippen molar-refractivity contribution in [1.29, 1.82) is 0 Å². The Kier molecular flexibility index (Phi) is 7.70. The summed E-state index contributed by atoms with van der Waals surface area (Å²) in [5, 5.41) is 2.87. The van der Waals surface area contributed by atoms with Crippen molar-refractivity contribution in [3.05, 3.63) is 29.8 Å². The van der Waals surface area contributed by atoms with E-state index in [0.717, 1.165) is 24.9 Å². The Morgan fingerprint density at radius 3 is 2.33 bits per heavy atom. The van der Waals surface area contributed by atoms with Crippen molar-refractivity contribution in [3.8, 4) is 0 Å².